The van der Waals surface area contributed by atoms with E-state index in [1.807, 2.05) is 36.6 Å². The predicted octanol–water partition coefficient (Wildman–Crippen LogP) is 2.94. The molecule has 0 aliphatic rings. The van der Waals surface area contributed by atoms with Crippen LogP contribution in [0.4, 0.5) is 5.69 Å². The molecule has 27 heavy (non-hydrogen) atoms. The molecule has 150 valence electrons. The fraction of sp³-hybridized carbons (Fsp3) is 0.500. The highest BCUT2D eigenvalue weighted by Gasteiger charge is 2.07. The summed E-state index contributed by atoms with van der Waals surface area (Å²) in [6.45, 7) is 8.75. The van der Waals surface area contributed by atoms with Gasteiger partial charge in [-0.1, -0.05) is 6.92 Å². The lowest BCUT2D eigenvalue weighted by Gasteiger charge is -2.14. The molecule has 0 unspecified atom stereocenters. The Morgan fingerprint density at radius 1 is 1.22 bits per heavy atom. The zero-order valence-electron chi connectivity index (χ0n) is 16.4. The molecule has 0 aliphatic heterocycles. The summed E-state index contributed by atoms with van der Waals surface area (Å²) in [6, 6.07) is 5.72. The van der Waals surface area contributed by atoms with Crippen molar-refractivity contribution in [1.82, 2.24) is 20.1 Å². The number of nitrogens with zero attached hydrogens (tertiary/aromatic N) is 4. The van der Waals surface area contributed by atoms with Gasteiger partial charge < -0.3 is 24.7 Å². The third-order valence-corrected chi connectivity index (χ3v) is 3.69. The van der Waals surface area contributed by atoms with Crippen LogP contribution in [0.25, 0.3) is 0 Å². The van der Waals surface area contributed by atoms with Crippen LogP contribution in [0.1, 0.15) is 26.6 Å². The largest absolute Gasteiger partial charge is 0.493 e. The number of aromatic nitrogens is 3. The van der Waals surface area contributed by atoms with Crippen LogP contribution in [0.2, 0.25) is 0 Å². The summed E-state index contributed by atoms with van der Waals surface area (Å²) in [5.74, 6) is 3.09. The highest BCUT2D eigenvalue weighted by molar-refractivity contribution is 14.0. The quantitative estimate of drug-likeness (QED) is 0.321. The Balaban J connectivity index is 0.00000364. The Kier molecular flexibility index (Phi) is 10.5. The van der Waals surface area contributed by atoms with Crippen LogP contribution < -0.4 is 20.1 Å². The van der Waals surface area contributed by atoms with Gasteiger partial charge in [-0.15, -0.1) is 34.2 Å². The second-order valence-electron chi connectivity index (χ2n) is 5.48. The molecule has 0 spiro atoms. The molecule has 1 aromatic carbocycles. The maximum absolute atomic E-state index is 5.62. The van der Waals surface area contributed by atoms with Gasteiger partial charge in [0.2, 0.25) is 0 Å². The number of nitrogens with one attached hydrogen (secondary N) is 2. The number of aliphatic imine (C=N–C) groups is 1. The molecule has 8 nitrogen and oxygen atoms in total. The summed E-state index contributed by atoms with van der Waals surface area (Å²) in [5.41, 5.74) is 0.882. The van der Waals surface area contributed by atoms with Crippen LogP contribution in [0.3, 0.4) is 0 Å². The average molecular weight is 488 g/mol. The molecule has 1 heterocycles. The van der Waals surface area contributed by atoms with Gasteiger partial charge in [-0.25, -0.2) is 0 Å². The Morgan fingerprint density at radius 2 is 2.04 bits per heavy atom. The van der Waals surface area contributed by atoms with Gasteiger partial charge in [0.1, 0.15) is 12.2 Å². The summed E-state index contributed by atoms with van der Waals surface area (Å²) in [5, 5.41) is 14.6. The number of hydrogen-bond acceptors (Lipinski definition) is 5. The third kappa shape index (κ3) is 6.89. The SMILES string of the molecule is CCNC(=NCCn1cnnc1CC)Nc1ccc(OC)c(OCC)c1.I. The van der Waals surface area contributed by atoms with Crippen LogP contribution >= 0.6 is 24.0 Å². The first kappa shape index (κ1) is 23.0. The van der Waals surface area contributed by atoms with Gasteiger partial charge in [0, 0.05) is 31.3 Å². The van der Waals surface area contributed by atoms with Gasteiger partial charge in [-0.3, -0.25) is 4.99 Å². The van der Waals surface area contributed by atoms with Crippen molar-refractivity contribution in [2.45, 2.75) is 33.7 Å². The van der Waals surface area contributed by atoms with Crippen LogP contribution in [0, 0.1) is 0 Å². The number of hydrogen-bond donors (Lipinski definition) is 2. The van der Waals surface area contributed by atoms with E-state index in [4.69, 9.17) is 9.47 Å². The number of aryl methyl sites for hydroxylation is 1. The lowest BCUT2D eigenvalue weighted by atomic mass is 10.2. The second kappa shape index (κ2) is 12.4. The number of guanidine groups is 1. The molecule has 0 saturated carbocycles. The van der Waals surface area contributed by atoms with E-state index < -0.39 is 0 Å². The summed E-state index contributed by atoms with van der Waals surface area (Å²) < 4.78 is 13.0. The van der Waals surface area contributed by atoms with E-state index in [2.05, 4.69) is 32.7 Å². The summed E-state index contributed by atoms with van der Waals surface area (Å²) in [4.78, 5) is 4.62. The Hall–Kier alpha value is -2.04. The number of halogens is 1. The van der Waals surface area contributed by atoms with Gasteiger partial charge >= 0.3 is 0 Å². The van der Waals surface area contributed by atoms with E-state index in [0.717, 1.165) is 31.0 Å². The summed E-state index contributed by atoms with van der Waals surface area (Å²) >= 11 is 0. The minimum Gasteiger partial charge on any atom is -0.493 e. The minimum atomic E-state index is 0. The lowest BCUT2D eigenvalue weighted by Crippen LogP contribution is -2.31. The number of rotatable bonds is 9. The number of methoxy groups -OCH3 is 1. The van der Waals surface area contributed by atoms with E-state index in [9.17, 15) is 0 Å². The summed E-state index contributed by atoms with van der Waals surface area (Å²) in [7, 11) is 1.63. The molecular weight excluding hydrogens is 459 g/mol. The standard InChI is InChI=1S/C18H28N6O2.HI/c1-5-17-23-21-13-24(17)11-10-20-18(19-6-2)22-14-8-9-15(25-4)16(12-14)26-7-3;/h8-9,12-13H,5-7,10-11H2,1-4H3,(H2,19,20,22);1H. The van der Waals surface area contributed by atoms with Crippen molar-refractivity contribution in [3.63, 3.8) is 0 Å². The van der Waals surface area contributed by atoms with Crippen molar-refractivity contribution >= 4 is 35.6 Å². The van der Waals surface area contributed by atoms with Crippen molar-refractivity contribution in [2.75, 3.05) is 32.1 Å². The van der Waals surface area contributed by atoms with Crippen LogP contribution in [0.5, 0.6) is 11.5 Å². The predicted molar refractivity (Wildman–Crippen MR) is 119 cm³/mol. The zero-order chi connectivity index (χ0) is 18.8. The summed E-state index contributed by atoms with van der Waals surface area (Å²) in [6.07, 6.45) is 2.60. The number of anilines is 1. The molecule has 0 bridgehead atoms. The Bertz CT molecular complexity index is 720. The molecule has 2 rings (SSSR count). The lowest BCUT2D eigenvalue weighted by molar-refractivity contribution is 0.311. The molecule has 2 aromatic rings. The van der Waals surface area contributed by atoms with Gasteiger partial charge in [-0.2, -0.15) is 0 Å². The fourth-order valence-corrected chi connectivity index (χ4v) is 2.48. The van der Waals surface area contributed by atoms with Gasteiger partial charge in [0.15, 0.2) is 17.5 Å². The van der Waals surface area contributed by atoms with E-state index in [1.54, 1.807) is 13.4 Å². The van der Waals surface area contributed by atoms with Crippen molar-refractivity contribution in [3.05, 3.63) is 30.4 Å². The molecule has 1 aromatic heterocycles. The van der Waals surface area contributed by atoms with Crippen LogP contribution in [-0.4, -0.2) is 47.5 Å². The highest BCUT2D eigenvalue weighted by atomic mass is 127. The maximum atomic E-state index is 5.62. The molecule has 0 aliphatic carbocycles. The first-order valence-corrected chi connectivity index (χ1v) is 8.94. The number of benzene rings is 1. The van der Waals surface area contributed by atoms with Crippen molar-refractivity contribution < 1.29 is 9.47 Å². The van der Waals surface area contributed by atoms with Crippen LogP contribution in [0.15, 0.2) is 29.5 Å². The molecule has 0 fully saturated rings. The van der Waals surface area contributed by atoms with Gasteiger partial charge in [-0.05, 0) is 26.0 Å². The first-order valence-electron chi connectivity index (χ1n) is 8.94. The van der Waals surface area contributed by atoms with Gasteiger partial charge in [0.05, 0.1) is 20.3 Å². The Morgan fingerprint density at radius 3 is 2.70 bits per heavy atom. The third-order valence-electron chi connectivity index (χ3n) is 3.69. The molecule has 0 radical (unpaired) electrons. The minimum absolute atomic E-state index is 0. The smallest absolute Gasteiger partial charge is 0.195 e. The average Bonchev–Trinajstić information content (AvgIpc) is 3.10. The van der Waals surface area contributed by atoms with Crippen molar-refractivity contribution in [3.8, 4) is 11.5 Å². The molecule has 0 atom stereocenters. The van der Waals surface area contributed by atoms with E-state index >= 15 is 0 Å². The molecule has 9 heteroatoms. The fourth-order valence-electron chi connectivity index (χ4n) is 2.48. The molecule has 0 amide bonds. The molecule has 2 N–H and O–H groups in total. The Labute approximate surface area is 177 Å². The first-order chi connectivity index (χ1) is 12.7. The van der Waals surface area contributed by atoms with E-state index in [0.29, 0.717) is 30.6 Å². The molecule has 0 saturated heterocycles. The second-order valence-corrected chi connectivity index (χ2v) is 5.48. The zero-order valence-corrected chi connectivity index (χ0v) is 18.7. The van der Waals surface area contributed by atoms with Crippen molar-refractivity contribution in [1.29, 1.82) is 0 Å². The molecular formula is C18H29IN6O2. The maximum Gasteiger partial charge on any atom is 0.195 e. The van der Waals surface area contributed by atoms with E-state index in [1.165, 1.54) is 0 Å². The highest BCUT2D eigenvalue weighted by Crippen LogP contribution is 2.30. The van der Waals surface area contributed by atoms with E-state index in [-0.39, 0.29) is 24.0 Å². The van der Waals surface area contributed by atoms with Crippen molar-refractivity contribution in [2.24, 2.45) is 4.99 Å². The van der Waals surface area contributed by atoms with Crippen LogP contribution in [-0.2, 0) is 13.0 Å². The monoisotopic (exact) mass is 488 g/mol. The normalized spacial score (nSPS) is 10.9. The van der Waals surface area contributed by atoms with Gasteiger partial charge in [0.25, 0.3) is 0 Å². The topological polar surface area (TPSA) is 85.6 Å². The number of ether oxygens (including phenoxy) is 2.